The Morgan fingerprint density at radius 2 is 2.50 bits per heavy atom. The van der Waals surface area contributed by atoms with Gasteiger partial charge in [-0.05, 0) is 0 Å². The molecule has 0 atom stereocenters. The summed E-state index contributed by atoms with van der Waals surface area (Å²) in [5, 5.41) is 6.50. The smallest absolute Gasteiger partial charge is 0.281 e. The zero-order valence-corrected chi connectivity index (χ0v) is 10.9. The van der Waals surface area contributed by atoms with E-state index in [0.29, 0.717) is 25.3 Å². The number of amides is 2. The van der Waals surface area contributed by atoms with E-state index in [1.807, 2.05) is 0 Å². The summed E-state index contributed by atoms with van der Waals surface area (Å²) in [7, 11) is 1.71. The van der Waals surface area contributed by atoms with Crippen molar-refractivity contribution in [1.29, 1.82) is 0 Å². The van der Waals surface area contributed by atoms with Gasteiger partial charge in [-0.1, -0.05) is 11.8 Å². The van der Waals surface area contributed by atoms with Gasteiger partial charge in [0.1, 0.15) is 12.2 Å². The summed E-state index contributed by atoms with van der Waals surface area (Å²) in [6.07, 6.45) is 1.75. The second-order valence-corrected chi connectivity index (χ2v) is 5.08. The van der Waals surface area contributed by atoms with E-state index in [-0.39, 0.29) is 11.1 Å². The number of hydrogen-bond acceptors (Lipinski definition) is 5. The molecule has 18 heavy (non-hydrogen) atoms. The molecule has 0 aromatic carbocycles. The van der Waals surface area contributed by atoms with E-state index in [4.69, 9.17) is 0 Å². The average molecular weight is 269 g/mol. The Morgan fingerprint density at radius 3 is 3.11 bits per heavy atom. The summed E-state index contributed by atoms with van der Waals surface area (Å²) < 4.78 is 0. The molecule has 1 saturated heterocycles. The lowest BCUT2D eigenvalue weighted by atomic mass is 10.3. The van der Waals surface area contributed by atoms with Crippen LogP contribution in [-0.4, -0.2) is 62.0 Å². The summed E-state index contributed by atoms with van der Waals surface area (Å²) >= 11 is 1.31. The van der Waals surface area contributed by atoms with Crippen LogP contribution in [0.3, 0.4) is 0 Å². The molecule has 1 aromatic heterocycles. The van der Waals surface area contributed by atoms with E-state index in [2.05, 4.69) is 15.2 Å². The molecular weight excluding hydrogens is 254 g/mol. The van der Waals surface area contributed by atoms with Crippen LogP contribution in [0.25, 0.3) is 0 Å². The highest BCUT2D eigenvalue weighted by molar-refractivity contribution is 8.13. The van der Waals surface area contributed by atoms with Gasteiger partial charge in [0.25, 0.3) is 5.24 Å². The van der Waals surface area contributed by atoms with Crippen molar-refractivity contribution in [3.8, 4) is 0 Å². The van der Waals surface area contributed by atoms with Crippen molar-refractivity contribution in [3.63, 3.8) is 0 Å². The summed E-state index contributed by atoms with van der Waals surface area (Å²) in [5.74, 6) is 1.47. The van der Waals surface area contributed by atoms with Crippen LogP contribution in [0, 0.1) is 0 Å². The molecule has 2 rings (SSSR count). The Bertz CT molecular complexity index is 422. The molecule has 0 saturated carbocycles. The van der Waals surface area contributed by atoms with E-state index >= 15 is 0 Å². The van der Waals surface area contributed by atoms with Gasteiger partial charge in [0, 0.05) is 32.3 Å². The highest BCUT2D eigenvalue weighted by Gasteiger charge is 2.22. The van der Waals surface area contributed by atoms with Gasteiger partial charge in [-0.2, -0.15) is 5.10 Å². The molecule has 7 nitrogen and oxygen atoms in total. The first-order chi connectivity index (χ1) is 8.66. The number of carbonyl (C=O) groups excluding carboxylic acids is 2. The summed E-state index contributed by atoms with van der Waals surface area (Å²) in [5.41, 5.74) is 0. The molecule has 0 aliphatic carbocycles. The topological polar surface area (TPSA) is 82.2 Å². The fraction of sp³-hybridized carbons (Fsp3) is 0.600. The summed E-state index contributed by atoms with van der Waals surface area (Å²) in [6.45, 7) is 1.63. The molecule has 1 aliphatic rings. The largest absolute Gasteiger partial charge is 0.338 e. The molecule has 0 unspecified atom stereocenters. The lowest BCUT2D eigenvalue weighted by Gasteiger charge is -2.18. The molecule has 1 aromatic rings. The zero-order valence-electron chi connectivity index (χ0n) is 10.1. The number of nitrogens with zero attached hydrogens (tertiary/aromatic N) is 4. The quantitative estimate of drug-likeness (QED) is 0.832. The van der Waals surface area contributed by atoms with Crippen LogP contribution in [0.1, 0.15) is 12.2 Å². The van der Waals surface area contributed by atoms with Crippen LogP contribution < -0.4 is 0 Å². The predicted molar refractivity (Wildman–Crippen MR) is 66.9 cm³/mol. The van der Waals surface area contributed by atoms with Gasteiger partial charge in [-0.25, -0.2) is 4.98 Å². The molecule has 2 heterocycles. The second kappa shape index (κ2) is 5.85. The fourth-order valence-electron chi connectivity index (χ4n) is 1.67. The zero-order chi connectivity index (χ0) is 13.0. The molecular formula is C10H15N5O2S. The van der Waals surface area contributed by atoms with Crippen molar-refractivity contribution in [2.24, 2.45) is 0 Å². The second-order valence-electron chi connectivity index (χ2n) is 4.03. The van der Waals surface area contributed by atoms with Gasteiger partial charge in [0.15, 0.2) is 0 Å². The minimum atomic E-state index is -0.00361. The summed E-state index contributed by atoms with van der Waals surface area (Å²) in [6, 6.07) is 0. The number of carbonyl (C=O) groups is 2. The standard InChI is InChI=1S/C10H15N5O2S/c1-14(6-8-11-7-12-13-8)9(16)2-3-15-4-5-18-10(15)17/h7H,2-6H2,1H3,(H,11,12,13). The van der Waals surface area contributed by atoms with E-state index in [0.717, 1.165) is 12.3 Å². The molecule has 1 N–H and O–H groups in total. The third-order valence-electron chi connectivity index (χ3n) is 2.72. The van der Waals surface area contributed by atoms with Gasteiger partial charge in [0.05, 0.1) is 6.54 Å². The fourth-order valence-corrected chi connectivity index (χ4v) is 2.52. The molecule has 0 bridgehead atoms. The minimum absolute atomic E-state index is 0.00361. The monoisotopic (exact) mass is 269 g/mol. The first-order valence-electron chi connectivity index (χ1n) is 5.66. The maximum atomic E-state index is 11.9. The Morgan fingerprint density at radius 1 is 1.67 bits per heavy atom. The first kappa shape index (κ1) is 12.9. The molecule has 0 spiro atoms. The van der Waals surface area contributed by atoms with Gasteiger partial charge in [0.2, 0.25) is 5.91 Å². The van der Waals surface area contributed by atoms with Crippen LogP contribution in [0.15, 0.2) is 6.33 Å². The van der Waals surface area contributed by atoms with Gasteiger partial charge < -0.3 is 9.80 Å². The number of aromatic amines is 1. The SMILES string of the molecule is CN(Cc1ncn[nH]1)C(=O)CCN1CCSC1=O. The number of thioether (sulfide) groups is 1. The minimum Gasteiger partial charge on any atom is -0.338 e. The van der Waals surface area contributed by atoms with Gasteiger partial charge >= 0.3 is 0 Å². The summed E-state index contributed by atoms with van der Waals surface area (Å²) in [4.78, 5) is 30.5. The molecule has 8 heteroatoms. The highest BCUT2D eigenvalue weighted by atomic mass is 32.2. The molecule has 98 valence electrons. The third-order valence-corrected chi connectivity index (χ3v) is 3.61. The van der Waals surface area contributed by atoms with Crippen molar-refractivity contribution in [3.05, 3.63) is 12.2 Å². The molecule has 0 radical (unpaired) electrons. The van der Waals surface area contributed by atoms with E-state index in [1.165, 1.54) is 18.1 Å². The molecule has 1 aliphatic heterocycles. The predicted octanol–water partition coefficient (Wildman–Crippen LogP) is 0.322. The van der Waals surface area contributed by atoms with E-state index in [1.54, 1.807) is 16.8 Å². The third kappa shape index (κ3) is 3.22. The van der Waals surface area contributed by atoms with Crippen LogP contribution in [0.4, 0.5) is 4.79 Å². The normalized spacial score (nSPS) is 15.2. The van der Waals surface area contributed by atoms with Crippen molar-refractivity contribution in [2.75, 3.05) is 25.9 Å². The van der Waals surface area contributed by atoms with Crippen molar-refractivity contribution < 1.29 is 9.59 Å². The Hall–Kier alpha value is -1.57. The van der Waals surface area contributed by atoms with Crippen molar-refractivity contribution >= 4 is 22.9 Å². The van der Waals surface area contributed by atoms with Crippen LogP contribution in [0.2, 0.25) is 0 Å². The molecule has 2 amide bonds. The Labute approximate surface area is 109 Å². The number of H-pyrrole nitrogens is 1. The van der Waals surface area contributed by atoms with Crippen LogP contribution in [0.5, 0.6) is 0 Å². The van der Waals surface area contributed by atoms with Crippen LogP contribution in [-0.2, 0) is 11.3 Å². The van der Waals surface area contributed by atoms with Gasteiger partial charge in [-0.15, -0.1) is 0 Å². The lowest BCUT2D eigenvalue weighted by Crippen LogP contribution is -2.32. The first-order valence-corrected chi connectivity index (χ1v) is 6.65. The van der Waals surface area contributed by atoms with Crippen LogP contribution >= 0.6 is 11.8 Å². The van der Waals surface area contributed by atoms with Crippen molar-refractivity contribution in [2.45, 2.75) is 13.0 Å². The Kier molecular flexibility index (Phi) is 4.19. The van der Waals surface area contributed by atoms with E-state index in [9.17, 15) is 9.59 Å². The number of rotatable bonds is 5. The lowest BCUT2D eigenvalue weighted by molar-refractivity contribution is -0.130. The maximum Gasteiger partial charge on any atom is 0.281 e. The van der Waals surface area contributed by atoms with Crippen molar-refractivity contribution in [1.82, 2.24) is 25.0 Å². The number of hydrogen-bond donors (Lipinski definition) is 1. The van der Waals surface area contributed by atoms with E-state index < -0.39 is 0 Å². The average Bonchev–Trinajstić information content (AvgIpc) is 2.98. The van der Waals surface area contributed by atoms with Gasteiger partial charge in [-0.3, -0.25) is 14.7 Å². The highest BCUT2D eigenvalue weighted by Crippen LogP contribution is 2.17. The Balaban J connectivity index is 1.75. The maximum absolute atomic E-state index is 11.9. The number of aromatic nitrogens is 3. The molecule has 1 fully saturated rings. The number of nitrogens with one attached hydrogen (secondary N) is 1.